The topological polar surface area (TPSA) is 76.1 Å². The van der Waals surface area contributed by atoms with Gasteiger partial charge in [-0.15, -0.1) is 6.42 Å². The standard InChI is InChI=1S/C10H13NO5/c1-2-3-11(6-9(12)13)10(14)8-7-15-4-5-16-8/h1,8H,3-7H2,(H,12,13). The number of amides is 1. The molecular weight excluding hydrogens is 214 g/mol. The summed E-state index contributed by atoms with van der Waals surface area (Å²) < 4.78 is 10.2. The average Bonchev–Trinajstić information content (AvgIpc) is 2.28. The lowest BCUT2D eigenvalue weighted by Crippen LogP contribution is -2.47. The number of aliphatic carboxylic acids is 1. The zero-order valence-electron chi connectivity index (χ0n) is 8.72. The predicted octanol–water partition coefficient (Wildman–Crippen LogP) is -1.05. The number of hydrogen-bond donors (Lipinski definition) is 1. The second-order valence-corrected chi connectivity index (χ2v) is 3.23. The van der Waals surface area contributed by atoms with Crippen molar-refractivity contribution in [3.8, 4) is 12.3 Å². The van der Waals surface area contributed by atoms with Crippen molar-refractivity contribution in [2.75, 3.05) is 32.9 Å². The molecule has 0 radical (unpaired) electrons. The van der Waals surface area contributed by atoms with Gasteiger partial charge in [0.15, 0.2) is 6.10 Å². The molecule has 0 aromatic rings. The molecule has 1 amide bonds. The van der Waals surface area contributed by atoms with E-state index in [-0.39, 0.29) is 13.2 Å². The van der Waals surface area contributed by atoms with Crippen LogP contribution in [0.5, 0.6) is 0 Å². The van der Waals surface area contributed by atoms with E-state index in [1.807, 2.05) is 0 Å². The largest absolute Gasteiger partial charge is 0.480 e. The van der Waals surface area contributed by atoms with E-state index in [9.17, 15) is 9.59 Å². The highest BCUT2D eigenvalue weighted by Gasteiger charge is 2.28. The van der Waals surface area contributed by atoms with Crippen LogP contribution in [-0.2, 0) is 19.1 Å². The van der Waals surface area contributed by atoms with Gasteiger partial charge < -0.3 is 19.5 Å². The number of carbonyl (C=O) groups excluding carboxylic acids is 1. The summed E-state index contributed by atoms with van der Waals surface area (Å²) in [5.74, 6) is 0.683. The number of carbonyl (C=O) groups is 2. The van der Waals surface area contributed by atoms with E-state index in [0.717, 1.165) is 4.90 Å². The Hall–Kier alpha value is -1.58. The molecule has 1 aliphatic heterocycles. The summed E-state index contributed by atoms with van der Waals surface area (Å²) in [5.41, 5.74) is 0. The van der Waals surface area contributed by atoms with Gasteiger partial charge in [0.05, 0.1) is 26.4 Å². The van der Waals surface area contributed by atoms with Crippen molar-refractivity contribution >= 4 is 11.9 Å². The lowest BCUT2D eigenvalue weighted by Gasteiger charge is -2.27. The van der Waals surface area contributed by atoms with E-state index >= 15 is 0 Å². The summed E-state index contributed by atoms with van der Waals surface area (Å²) in [5, 5.41) is 8.62. The van der Waals surface area contributed by atoms with Crippen LogP contribution in [0.2, 0.25) is 0 Å². The number of hydrogen-bond acceptors (Lipinski definition) is 4. The molecule has 0 spiro atoms. The van der Waals surface area contributed by atoms with E-state index in [0.29, 0.717) is 13.2 Å². The van der Waals surface area contributed by atoms with Crippen LogP contribution >= 0.6 is 0 Å². The molecule has 6 heteroatoms. The van der Waals surface area contributed by atoms with Gasteiger partial charge in [0.1, 0.15) is 6.54 Å². The van der Waals surface area contributed by atoms with Crippen LogP contribution in [0.25, 0.3) is 0 Å². The maximum absolute atomic E-state index is 11.8. The van der Waals surface area contributed by atoms with Crippen LogP contribution in [0, 0.1) is 12.3 Å². The Morgan fingerprint density at radius 1 is 1.50 bits per heavy atom. The first-order valence-corrected chi connectivity index (χ1v) is 4.78. The molecule has 1 fully saturated rings. The monoisotopic (exact) mass is 227 g/mol. The van der Waals surface area contributed by atoms with Gasteiger partial charge in [0.25, 0.3) is 5.91 Å². The molecule has 88 valence electrons. The van der Waals surface area contributed by atoms with Gasteiger partial charge in [0, 0.05) is 0 Å². The molecule has 1 saturated heterocycles. The van der Waals surface area contributed by atoms with Gasteiger partial charge in [-0.05, 0) is 0 Å². The first-order chi connectivity index (χ1) is 7.65. The highest BCUT2D eigenvalue weighted by molar-refractivity contribution is 5.85. The first-order valence-electron chi connectivity index (χ1n) is 4.78. The maximum Gasteiger partial charge on any atom is 0.323 e. The summed E-state index contributed by atoms with van der Waals surface area (Å²) in [6, 6.07) is 0. The Morgan fingerprint density at radius 2 is 2.25 bits per heavy atom. The van der Waals surface area contributed by atoms with E-state index in [2.05, 4.69) is 5.92 Å². The van der Waals surface area contributed by atoms with Crippen molar-refractivity contribution in [3.63, 3.8) is 0 Å². The second-order valence-electron chi connectivity index (χ2n) is 3.23. The molecule has 0 aromatic heterocycles. The third-order valence-corrected chi connectivity index (χ3v) is 2.01. The Kier molecular flexibility index (Phi) is 4.76. The fourth-order valence-electron chi connectivity index (χ4n) is 1.32. The quantitative estimate of drug-likeness (QED) is 0.620. The highest BCUT2D eigenvalue weighted by atomic mass is 16.6. The molecule has 0 aliphatic carbocycles. The number of rotatable bonds is 4. The SMILES string of the molecule is C#CCN(CC(=O)O)C(=O)C1COCCO1. The minimum atomic E-state index is -1.11. The summed E-state index contributed by atoms with van der Waals surface area (Å²) in [4.78, 5) is 23.4. The summed E-state index contributed by atoms with van der Waals surface area (Å²) >= 11 is 0. The fraction of sp³-hybridized carbons (Fsp3) is 0.600. The van der Waals surface area contributed by atoms with Crippen molar-refractivity contribution in [1.82, 2.24) is 4.90 Å². The van der Waals surface area contributed by atoms with Gasteiger partial charge in [-0.25, -0.2) is 0 Å². The number of nitrogens with zero attached hydrogens (tertiary/aromatic N) is 1. The van der Waals surface area contributed by atoms with Gasteiger partial charge in [0.2, 0.25) is 0 Å². The molecule has 1 N–H and O–H groups in total. The van der Waals surface area contributed by atoms with Crippen molar-refractivity contribution in [3.05, 3.63) is 0 Å². The first kappa shape index (κ1) is 12.5. The van der Waals surface area contributed by atoms with Crippen LogP contribution in [-0.4, -0.2) is 60.9 Å². The zero-order chi connectivity index (χ0) is 12.0. The van der Waals surface area contributed by atoms with Crippen molar-refractivity contribution in [2.45, 2.75) is 6.10 Å². The molecule has 6 nitrogen and oxygen atoms in total. The Bertz CT molecular complexity index is 303. The molecule has 0 aromatic carbocycles. The van der Waals surface area contributed by atoms with Crippen LogP contribution in [0.15, 0.2) is 0 Å². The van der Waals surface area contributed by atoms with E-state index in [4.69, 9.17) is 21.0 Å². The van der Waals surface area contributed by atoms with Crippen LogP contribution in [0.4, 0.5) is 0 Å². The molecule has 1 aliphatic rings. The Balaban J connectivity index is 2.58. The predicted molar refractivity (Wildman–Crippen MR) is 53.6 cm³/mol. The molecule has 1 rings (SSSR count). The van der Waals surface area contributed by atoms with Crippen molar-refractivity contribution in [2.24, 2.45) is 0 Å². The van der Waals surface area contributed by atoms with Crippen molar-refractivity contribution in [1.29, 1.82) is 0 Å². The third-order valence-electron chi connectivity index (χ3n) is 2.01. The third kappa shape index (κ3) is 3.53. The molecule has 1 heterocycles. The van der Waals surface area contributed by atoms with Gasteiger partial charge in [-0.1, -0.05) is 5.92 Å². The van der Waals surface area contributed by atoms with E-state index in [1.165, 1.54) is 0 Å². The number of carboxylic acid groups (broad SMARTS) is 1. The number of terminal acetylenes is 1. The fourth-order valence-corrected chi connectivity index (χ4v) is 1.32. The summed E-state index contributed by atoms with van der Waals surface area (Å²) in [7, 11) is 0. The van der Waals surface area contributed by atoms with Gasteiger partial charge >= 0.3 is 5.97 Å². The lowest BCUT2D eigenvalue weighted by molar-refractivity contribution is -0.160. The highest BCUT2D eigenvalue weighted by Crippen LogP contribution is 2.05. The Morgan fingerprint density at radius 3 is 2.75 bits per heavy atom. The smallest absolute Gasteiger partial charge is 0.323 e. The molecule has 1 unspecified atom stereocenters. The lowest BCUT2D eigenvalue weighted by atomic mass is 10.3. The van der Waals surface area contributed by atoms with Crippen molar-refractivity contribution < 1.29 is 24.2 Å². The molecule has 16 heavy (non-hydrogen) atoms. The normalized spacial score (nSPS) is 19.8. The molecule has 0 bridgehead atoms. The number of carboxylic acids is 1. The molecule has 0 saturated carbocycles. The second kappa shape index (κ2) is 6.10. The maximum atomic E-state index is 11.8. The minimum Gasteiger partial charge on any atom is -0.480 e. The van der Waals surface area contributed by atoms with Crippen LogP contribution < -0.4 is 0 Å². The van der Waals surface area contributed by atoms with Crippen LogP contribution in [0.1, 0.15) is 0 Å². The summed E-state index contributed by atoms with van der Waals surface area (Å²) in [6.07, 6.45) is 4.31. The summed E-state index contributed by atoms with van der Waals surface area (Å²) in [6.45, 7) is 0.429. The Labute approximate surface area is 93.1 Å². The van der Waals surface area contributed by atoms with Gasteiger partial charge in [-0.3, -0.25) is 9.59 Å². The van der Waals surface area contributed by atoms with E-state index in [1.54, 1.807) is 0 Å². The number of ether oxygens (including phenoxy) is 2. The minimum absolute atomic E-state index is 0.0506. The van der Waals surface area contributed by atoms with Gasteiger partial charge in [-0.2, -0.15) is 0 Å². The molecular formula is C10H13NO5. The average molecular weight is 227 g/mol. The van der Waals surface area contributed by atoms with Crippen LogP contribution in [0.3, 0.4) is 0 Å². The molecule has 1 atom stereocenters. The zero-order valence-corrected chi connectivity index (χ0v) is 8.72. The van der Waals surface area contributed by atoms with E-state index < -0.39 is 24.5 Å².